The van der Waals surface area contributed by atoms with E-state index in [1.54, 1.807) is 30.5 Å². The minimum absolute atomic E-state index is 0.203. The highest BCUT2D eigenvalue weighted by molar-refractivity contribution is 7.18. The molecule has 1 aliphatic heterocycles. The third kappa shape index (κ3) is 4.82. The summed E-state index contributed by atoms with van der Waals surface area (Å²) in [5.74, 6) is 0.581. The van der Waals surface area contributed by atoms with Gasteiger partial charge in [0.2, 0.25) is 0 Å². The summed E-state index contributed by atoms with van der Waals surface area (Å²) in [6, 6.07) is 10.5. The van der Waals surface area contributed by atoms with E-state index in [0.29, 0.717) is 29.6 Å². The second kappa shape index (κ2) is 8.89. The number of nitrogens with one attached hydrogen (secondary N) is 2. The van der Waals surface area contributed by atoms with Gasteiger partial charge in [0.15, 0.2) is 5.76 Å². The molecule has 0 spiro atoms. The van der Waals surface area contributed by atoms with E-state index in [4.69, 9.17) is 9.15 Å². The van der Waals surface area contributed by atoms with Gasteiger partial charge in [0.25, 0.3) is 11.8 Å². The van der Waals surface area contributed by atoms with Crippen molar-refractivity contribution < 1.29 is 18.7 Å². The lowest BCUT2D eigenvalue weighted by molar-refractivity contribution is 0.0953. The number of anilines is 2. The average Bonchev–Trinajstić information content (AvgIpc) is 3.45. The van der Waals surface area contributed by atoms with Gasteiger partial charge in [0.05, 0.1) is 29.4 Å². The number of carbonyl (C=O) groups is 2. The molecule has 0 atom stereocenters. The van der Waals surface area contributed by atoms with Gasteiger partial charge in [0.1, 0.15) is 5.82 Å². The largest absolute Gasteiger partial charge is 0.459 e. The van der Waals surface area contributed by atoms with Gasteiger partial charge in [0, 0.05) is 25.8 Å². The normalized spacial score (nSPS) is 13.9. The van der Waals surface area contributed by atoms with Crippen molar-refractivity contribution >= 4 is 34.0 Å². The fourth-order valence-electron chi connectivity index (χ4n) is 2.88. The number of furan rings is 1. The summed E-state index contributed by atoms with van der Waals surface area (Å²) in [6.45, 7) is 3.47. The lowest BCUT2D eigenvalue weighted by Crippen LogP contribution is -2.36. The van der Waals surface area contributed by atoms with Crippen molar-refractivity contribution in [2.24, 2.45) is 0 Å². The first-order chi connectivity index (χ1) is 14.2. The fraction of sp³-hybridized carbons (Fsp3) is 0.250. The van der Waals surface area contributed by atoms with Crippen molar-refractivity contribution in [1.29, 1.82) is 0 Å². The Balaban J connectivity index is 1.29. The molecule has 3 aromatic heterocycles. The molecule has 4 rings (SSSR count). The molecule has 0 aliphatic carbocycles. The Morgan fingerprint density at radius 3 is 2.69 bits per heavy atom. The second-order valence-electron chi connectivity index (χ2n) is 6.40. The van der Waals surface area contributed by atoms with Crippen molar-refractivity contribution in [3.05, 3.63) is 65.1 Å². The van der Waals surface area contributed by atoms with Crippen LogP contribution in [-0.4, -0.2) is 43.1 Å². The zero-order valence-electron chi connectivity index (χ0n) is 15.6. The Bertz CT molecular complexity index is 963. The number of aromatic nitrogens is 1. The SMILES string of the molecule is O=C(Nc1ccc(C(=O)NCc2ccc(N3CCOCC3)nc2)s1)c1ccco1. The molecule has 0 unspecified atom stereocenters. The first-order valence-electron chi connectivity index (χ1n) is 9.19. The first-order valence-corrected chi connectivity index (χ1v) is 10.0. The minimum Gasteiger partial charge on any atom is -0.459 e. The summed E-state index contributed by atoms with van der Waals surface area (Å²) in [6.07, 6.45) is 3.21. The van der Waals surface area contributed by atoms with E-state index < -0.39 is 0 Å². The van der Waals surface area contributed by atoms with E-state index in [0.717, 1.165) is 24.5 Å². The Kier molecular flexibility index (Phi) is 5.87. The monoisotopic (exact) mass is 412 g/mol. The highest BCUT2D eigenvalue weighted by Crippen LogP contribution is 2.23. The van der Waals surface area contributed by atoms with Crippen LogP contribution in [0.2, 0.25) is 0 Å². The number of morpholine rings is 1. The highest BCUT2D eigenvalue weighted by atomic mass is 32.1. The van der Waals surface area contributed by atoms with Crippen LogP contribution >= 0.6 is 11.3 Å². The summed E-state index contributed by atoms with van der Waals surface area (Å²) < 4.78 is 10.4. The number of nitrogens with zero attached hydrogens (tertiary/aromatic N) is 2. The molecule has 0 aromatic carbocycles. The molecule has 4 heterocycles. The zero-order valence-corrected chi connectivity index (χ0v) is 16.4. The molecule has 0 radical (unpaired) electrons. The number of hydrogen-bond acceptors (Lipinski definition) is 7. The maximum Gasteiger partial charge on any atom is 0.291 e. The summed E-state index contributed by atoms with van der Waals surface area (Å²) in [4.78, 5) is 31.5. The lowest BCUT2D eigenvalue weighted by Gasteiger charge is -2.27. The number of hydrogen-bond donors (Lipinski definition) is 2. The van der Waals surface area contributed by atoms with E-state index >= 15 is 0 Å². The molecule has 29 heavy (non-hydrogen) atoms. The van der Waals surface area contributed by atoms with Crippen LogP contribution in [0.25, 0.3) is 0 Å². The molecule has 2 amide bonds. The standard InChI is InChI=1S/C20H20N4O4S/c25-19(15-2-1-9-28-15)23-18-6-4-16(29-18)20(26)22-13-14-3-5-17(21-12-14)24-7-10-27-11-8-24/h1-6,9,12H,7-8,10-11,13H2,(H,22,26)(H,23,25). The van der Waals surface area contributed by atoms with E-state index in [2.05, 4.69) is 20.5 Å². The summed E-state index contributed by atoms with van der Waals surface area (Å²) >= 11 is 1.20. The van der Waals surface area contributed by atoms with Gasteiger partial charge in [-0.25, -0.2) is 4.98 Å². The number of ether oxygens (including phenoxy) is 1. The van der Waals surface area contributed by atoms with Crippen molar-refractivity contribution in [3.8, 4) is 0 Å². The lowest BCUT2D eigenvalue weighted by atomic mass is 10.2. The van der Waals surface area contributed by atoms with Gasteiger partial charge in [-0.15, -0.1) is 11.3 Å². The average molecular weight is 412 g/mol. The van der Waals surface area contributed by atoms with Crippen molar-refractivity contribution in [2.45, 2.75) is 6.54 Å². The minimum atomic E-state index is -0.352. The van der Waals surface area contributed by atoms with E-state index in [9.17, 15) is 9.59 Å². The Hall–Kier alpha value is -3.17. The van der Waals surface area contributed by atoms with Gasteiger partial charge < -0.3 is 24.7 Å². The third-order valence-electron chi connectivity index (χ3n) is 4.41. The summed E-state index contributed by atoms with van der Waals surface area (Å²) in [7, 11) is 0. The molecule has 1 fully saturated rings. The Morgan fingerprint density at radius 2 is 1.97 bits per heavy atom. The molecule has 150 valence electrons. The predicted molar refractivity (Wildman–Crippen MR) is 109 cm³/mol. The highest BCUT2D eigenvalue weighted by Gasteiger charge is 2.14. The van der Waals surface area contributed by atoms with Gasteiger partial charge in [-0.3, -0.25) is 9.59 Å². The van der Waals surface area contributed by atoms with E-state index in [1.165, 1.54) is 17.6 Å². The fourth-order valence-corrected chi connectivity index (χ4v) is 3.70. The van der Waals surface area contributed by atoms with Gasteiger partial charge in [-0.1, -0.05) is 6.07 Å². The predicted octanol–water partition coefficient (Wildman–Crippen LogP) is 2.76. The smallest absolute Gasteiger partial charge is 0.291 e. The summed E-state index contributed by atoms with van der Waals surface area (Å²) in [5.41, 5.74) is 0.915. The van der Waals surface area contributed by atoms with E-state index in [1.807, 2.05) is 12.1 Å². The van der Waals surface area contributed by atoms with Crippen LogP contribution in [0.1, 0.15) is 25.8 Å². The molecule has 1 aliphatic rings. The van der Waals surface area contributed by atoms with Crippen LogP contribution in [-0.2, 0) is 11.3 Å². The maximum atomic E-state index is 12.4. The molecule has 1 saturated heterocycles. The summed E-state index contributed by atoms with van der Waals surface area (Å²) in [5, 5.41) is 6.17. The van der Waals surface area contributed by atoms with Crippen LogP contribution in [0.5, 0.6) is 0 Å². The number of carbonyl (C=O) groups excluding carboxylic acids is 2. The zero-order chi connectivity index (χ0) is 20.1. The molecule has 9 heteroatoms. The molecular weight excluding hydrogens is 392 g/mol. The number of thiophene rings is 1. The molecule has 3 aromatic rings. The van der Waals surface area contributed by atoms with E-state index in [-0.39, 0.29) is 17.6 Å². The van der Waals surface area contributed by atoms with Crippen molar-refractivity contribution in [1.82, 2.24) is 10.3 Å². The number of amides is 2. The Labute approximate surface area is 171 Å². The van der Waals surface area contributed by atoms with Gasteiger partial charge in [-0.2, -0.15) is 0 Å². The first kappa shape index (κ1) is 19.2. The molecule has 2 N–H and O–H groups in total. The third-order valence-corrected chi connectivity index (χ3v) is 5.41. The van der Waals surface area contributed by atoms with Crippen LogP contribution in [0, 0.1) is 0 Å². The van der Waals surface area contributed by atoms with Crippen molar-refractivity contribution in [3.63, 3.8) is 0 Å². The van der Waals surface area contributed by atoms with Gasteiger partial charge in [-0.05, 0) is 35.9 Å². The quantitative estimate of drug-likeness (QED) is 0.646. The second-order valence-corrected chi connectivity index (χ2v) is 7.49. The van der Waals surface area contributed by atoms with Gasteiger partial charge >= 0.3 is 0 Å². The maximum absolute atomic E-state index is 12.4. The molecule has 8 nitrogen and oxygen atoms in total. The van der Waals surface area contributed by atoms with Crippen LogP contribution in [0.3, 0.4) is 0 Å². The number of pyridine rings is 1. The van der Waals surface area contributed by atoms with Crippen LogP contribution in [0.15, 0.2) is 53.3 Å². The number of rotatable bonds is 6. The van der Waals surface area contributed by atoms with Crippen LogP contribution < -0.4 is 15.5 Å². The Morgan fingerprint density at radius 1 is 1.10 bits per heavy atom. The molecule has 0 saturated carbocycles. The van der Waals surface area contributed by atoms with Crippen LogP contribution in [0.4, 0.5) is 10.8 Å². The topological polar surface area (TPSA) is 96.7 Å². The van der Waals surface area contributed by atoms with Crippen molar-refractivity contribution in [2.75, 3.05) is 36.5 Å². The molecule has 0 bridgehead atoms. The molecular formula is C20H20N4O4S.